The van der Waals surface area contributed by atoms with Gasteiger partial charge in [-0.05, 0) is 114 Å². The van der Waals surface area contributed by atoms with Gasteiger partial charge in [0.05, 0.1) is 5.69 Å². The van der Waals surface area contributed by atoms with Gasteiger partial charge < -0.3 is 4.90 Å². The van der Waals surface area contributed by atoms with Crippen molar-refractivity contribution in [1.82, 2.24) is 0 Å². The van der Waals surface area contributed by atoms with Crippen LogP contribution in [0.3, 0.4) is 0 Å². The molecule has 0 amide bonds. The van der Waals surface area contributed by atoms with Crippen LogP contribution in [0.1, 0.15) is 0 Å². The summed E-state index contributed by atoms with van der Waals surface area (Å²) in [7, 11) is 0. The summed E-state index contributed by atoms with van der Waals surface area (Å²) < 4.78 is 0. The number of fused-ring (bicyclic) bond motifs is 3. The Kier molecular flexibility index (Phi) is 9.97. The molecule has 0 unspecified atom stereocenters. The Morgan fingerprint density at radius 2 is 0.524 bits per heavy atom. The van der Waals surface area contributed by atoms with Gasteiger partial charge in [0.15, 0.2) is 0 Å². The molecule has 11 aromatic rings. The summed E-state index contributed by atoms with van der Waals surface area (Å²) in [5.74, 6) is 0. The summed E-state index contributed by atoms with van der Waals surface area (Å²) in [4.78, 5) is 2.51. The molecule has 0 aromatic heterocycles. The van der Waals surface area contributed by atoms with E-state index in [9.17, 15) is 0 Å². The van der Waals surface area contributed by atoms with Crippen molar-refractivity contribution < 1.29 is 0 Å². The second-order valence-corrected chi connectivity index (χ2v) is 16.1. The van der Waals surface area contributed by atoms with Crippen LogP contribution in [0.4, 0.5) is 17.1 Å². The Balaban J connectivity index is 1.19. The quantitative estimate of drug-likeness (QED) is 0.131. The van der Waals surface area contributed by atoms with E-state index in [-0.39, 0.29) is 0 Å². The van der Waals surface area contributed by atoms with Gasteiger partial charge in [-0.3, -0.25) is 0 Å². The van der Waals surface area contributed by atoms with Gasteiger partial charge in [-0.1, -0.05) is 224 Å². The number of benzene rings is 11. The van der Waals surface area contributed by atoms with Crippen LogP contribution in [0, 0.1) is 0 Å². The number of rotatable bonds is 9. The van der Waals surface area contributed by atoms with Crippen LogP contribution < -0.4 is 4.90 Å². The van der Waals surface area contributed by atoms with Gasteiger partial charge in [0.1, 0.15) is 0 Å². The smallest absolute Gasteiger partial charge is 0.0624 e. The molecule has 0 fully saturated rings. The standard InChI is InChI=1S/C62H43N/c1-5-18-44(19-6-1)48-32-34-50(35-33-48)51-26-17-27-52(40-51)61-59-30-15-13-28-57(59)58-29-14-16-31-60(58)62(61)63(55-38-36-49(37-39-55)45-20-7-2-8-21-45)56-42-53(46-22-9-3-10-23-46)41-54(43-56)47-24-11-4-12-25-47/h1-43H. The molecule has 11 rings (SSSR count). The lowest BCUT2D eigenvalue weighted by molar-refractivity contribution is 1.30. The highest BCUT2D eigenvalue weighted by molar-refractivity contribution is 6.22. The Morgan fingerprint density at radius 1 is 0.190 bits per heavy atom. The summed E-state index contributed by atoms with van der Waals surface area (Å²) in [5, 5.41) is 4.83. The highest BCUT2D eigenvalue weighted by Gasteiger charge is 2.25. The first-order chi connectivity index (χ1) is 31.2. The van der Waals surface area contributed by atoms with E-state index in [0.717, 1.165) is 33.8 Å². The highest BCUT2D eigenvalue weighted by Crippen LogP contribution is 2.51. The van der Waals surface area contributed by atoms with E-state index < -0.39 is 0 Å². The van der Waals surface area contributed by atoms with Crippen molar-refractivity contribution in [2.75, 3.05) is 4.90 Å². The molecule has 1 nitrogen and oxygen atoms in total. The van der Waals surface area contributed by atoms with E-state index in [0.29, 0.717) is 0 Å². The molecule has 0 atom stereocenters. The van der Waals surface area contributed by atoms with E-state index in [4.69, 9.17) is 0 Å². The largest absolute Gasteiger partial charge is 0.309 e. The molecule has 0 spiro atoms. The van der Waals surface area contributed by atoms with Crippen LogP contribution >= 0.6 is 0 Å². The molecule has 0 saturated carbocycles. The predicted molar refractivity (Wildman–Crippen MR) is 269 cm³/mol. The van der Waals surface area contributed by atoms with Gasteiger partial charge in [0.25, 0.3) is 0 Å². The zero-order valence-electron chi connectivity index (χ0n) is 34.8. The number of nitrogens with zero attached hydrogens (tertiary/aromatic N) is 1. The third-order valence-electron chi connectivity index (χ3n) is 12.2. The molecule has 0 aliphatic carbocycles. The van der Waals surface area contributed by atoms with Gasteiger partial charge in [0.2, 0.25) is 0 Å². The minimum absolute atomic E-state index is 1.08. The van der Waals surface area contributed by atoms with Crippen LogP contribution in [0.2, 0.25) is 0 Å². The van der Waals surface area contributed by atoms with E-state index in [2.05, 4.69) is 266 Å². The lowest BCUT2D eigenvalue weighted by Gasteiger charge is -2.31. The van der Waals surface area contributed by atoms with Gasteiger partial charge in [0, 0.05) is 22.3 Å². The fraction of sp³-hybridized carbons (Fsp3) is 0. The lowest BCUT2D eigenvalue weighted by Crippen LogP contribution is -2.13. The van der Waals surface area contributed by atoms with E-state index in [1.54, 1.807) is 0 Å². The van der Waals surface area contributed by atoms with Crippen LogP contribution in [0.5, 0.6) is 0 Å². The molecule has 11 aromatic carbocycles. The SMILES string of the molecule is c1ccc(-c2ccc(-c3cccc(-c4c(N(c5ccc(-c6ccccc6)cc5)c5cc(-c6ccccc6)cc(-c6ccccc6)c5)c5ccccc5c5ccccc45)c3)cc2)cc1. The zero-order valence-corrected chi connectivity index (χ0v) is 34.8. The number of anilines is 3. The molecular formula is C62H43N. The van der Waals surface area contributed by atoms with Crippen molar-refractivity contribution in [2.45, 2.75) is 0 Å². The topological polar surface area (TPSA) is 3.24 Å². The normalized spacial score (nSPS) is 11.2. The third kappa shape index (κ3) is 7.37. The van der Waals surface area contributed by atoms with Gasteiger partial charge >= 0.3 is 0 Å². The summed E-state index contributed by atoms with van der Waals surface area (Å²) in [5.41, 5.74) is 17.4. The molecule has 0 saturated heterocycles. The van der Waals surface area contributed by atoms with E-state index in [1.165, 1.54) is 71.6 Å². The first-order valence-electron chi connectivity index (χ1n) is 21.7. The van der Waals surface area contributed by atoms with Gasteiger partial charge in [-0.25, -0.2) is 0 Å². The predicted octanol–water partition coefficient (Wildman–Crippen LogP) is 17.5. The van der Waals surface area contributed by atoms with Crippen LogP contribution in [0.25, 0.3) is 88.3 Å². The summed E-state index contributed by atoms with van der Waals surface area (Å²) >= 11 is 0. The monoisotopic (exact) mass is 801 g/mol. The van der Waals surface area contributed by atoms with Crippen molar-refractivity contribution in [3.8, 4) is 66.8 Å². The Labute approximate surface area is 369 Å². The molecule has 0 aliphatic rings. The third-order valence-corrected chi connectivity index (χ3v) is 12.2. The summed E-state index contributed by atoms with van der Waals surface area (Å²) in [6.07, 6.45) is 0. The van der Waals surface area contributed by atoms with Gasteiger partial charge in [-0.2, -0.15) is 0 Å². The molecule has 0 N–H and O–H groups in total. The maximum atomic E-state index is 2.51. The maximum absolute atomic E-state index is 2.51. The van der Waals surface area contributed by atoms with E-state index >= 15 is 0 Å². The average Bonchev–Trinajstić information content (AvgIpc) is 3.38. The fourth-order valence-electron chi connectivity index (χ4n) is 9.16. The van der Waals surface area contributed by atoms with Crippen molar-refractivity contribution >= 4 is 38.6 Å². The van der Waals surface area contributed by atoms with Crippen molar-refractivity contribution in [3.05, 3.63) is 261 Å². The fourth-order valence-corrected chi connectivity index (χ4v) is 9.16. The first kappa shape index (κ1) is 37.7. The minimum atomic E-state index is 1.08. The van der Waals surface area contributed by atoms with Crippen LogP contribution in [-0.2, 0) is 0 Å². The Hall–Kier alpha value is -8.26. The molecule has 0 heterocycles. The van der Waals surface area contributed by atoms with Crippen molar-refractivity contribution in [1.29, 1.82) is 0 Å². The van der Waals surface area contributed by atoms with Crippen molar-refractivity contribution in [2.24, 2.45) is 0 Å². The summed E-state index contributed by atoms with van der Waals surface area (Å²) in [6, 6.07) is 94.9. The zero-order chi connectivity index (χ0) is 42.0. The molecule has 0 bridgehead atoms. The number of hydrogen-bond acceptors (Lipinski definition) is 1. The minimum Gasteiger partial charge on any atom is -0.309 e. The maximum Gasteiger partial charge on any atom is 0.0624 e. The van der Waals surface area contributed by atoms with Crippen LogP contribution in [-0.4, -0.2) is 0 Å². The first-order valence-corrected chi connectivity index (χ1v) is 21.7. The highest BCUT2D eigenvalue weighted by atomic mass is 15.1. The van der Waals surface area contributed by atoms with Crippen LogP contribution in [0.15, 0.2) is 261 Å². The molecular weight excluding hydrogens is 759 g/mol. The molecule has 0 radical (unpaired) electrons. The molecule has 1 heteroatoms. The summed E-state index contributed by atoms with van der Waals surface area (Å²) in [6.45, 7) is 0. The van der Waals surface area contributed by atoms with E-state index in [1.807, 2.05) is 0 Å². The second kappa shape index (κ2) is 16.7. The second-order valence-electron chi connectivity index (χ2n) is 16.1. The van der Waals surface area contributed by atoms with Gasteiger partial charge in [-0.15, -0.1) is 0 Å². The lowest BCUT2D eigenvalue weighted by atomic mass is 9.88. The van der Waals surface area contributed by atoms with Crippen molar-refractivity contribution in [3.63, 3.8) is 0 Å². The molecule has 296 valence electrons. The molecule has 63 heavy (non-hydrogen) atoms. The molecule has 0 aliphatic heterocycles. The Morgan fingerprint density at radius 3 is 1.03 bits per heavy atom. The Bertz CT molecular complexity index is 3280. The average molecular weight is 802 g/mol. The number of hydrogen-bond donors (Lipinski definition) is 0.